The summed E-state index contributed by atoms with van der Waals surface area (Å²) in [4.78, 5) is 0. The molecule has 0 saturated carbocycles. The maximum Gasteiger partial charge on any atom is 0.248 e. The first kappa shape index (κ1) is 14.1. The van der Waals surface area contributed by atoms with Gasteiger partial charge in [-0.1, -0.05) is 63.0 Å². The van der Waals surface area contributed by atoms with Crippen LogP contribution < -0.4 is 5.32 Å². The summed E-state index contributed by atoms with van der Waals surface area (Å²) in [6, 6.07) is 16.6. The highest BCUT2D eigenvalue weighted by Gasteiger charge is 2.24. The van der Waals surface area contributed by atoms with Crippen LogP contribution in [0.5, 0.6) is 0 Å². The summed E-state index contributed by atoms with van der Waals surface area (Å²) in [5.74, 6) is 0.646. The van der Waals surface area contributed by atoms with E-state index in [1.165, 1.54) is 5.56 Å². The largest absolute Gasteiger partial charge is 0.323 e. The Bertz CT molecular complexity index is 882. The van der Waals surface area contributed by atoms with Gasteiger partial charge in [-0.2, -0.15) is 4.68 Å². The van der Waals surface area contributed by atoms with Crippen molar-refractivity contribution in [2.24, 2.45) is 0 Å². The molecule has 114 valence electrons. The number of nitrogens with one attached hydrogen (secondary N) is 1. The number of aryl methyl sites for hydroxylation is 1. The average Bonchev–Trinajstić information content (AvgIpc) is 3.03. The van der Waals surface area contributed by atoms with Crippen molar-refractivity contribution in [3.63, 3.8) is 0 Å². The molecule has 23 heavy (non-hydrogen) atoms. The highest BCUT2D eigenvalue weighted by atomic mass is 79.9. The van der Waals surface area contributed by atoms with E-state index < -0.39 is 0 Å². The Balaban J connectivity index is 1.81. The van der Waals surface area contributed by atoms with Crippen LogP contribution in [-0.4, -0.2) is 20.2 Å². The topological polar surface area (TPSA) is 55.6 Å². The first-order valence-electron chi connectivity index (χ1n) is 7.30. The van der Waals surface area contributed by atoms with E-state index in [0.29, 0.717) is 5.95 Å². The van der Waals surface area contributed by atoms with E-state index in [-0.39, 0.29) is 6.04 Å². The third kappa shape index (κ3) is 2.66. The third-order valence-electron chi connectivity index (χ3n) is 3.88. The smallest absolute Gasteiger partial charge is 0.248 e. The Morgan fingerprint density at radius 3 is 2.74 bits per heavy atom. The normalized spacial score (nSPS) is 16.4. The van der Waals surface area contributed by atoms with Gasteiger partial charge in [-0.3, -0.25) is 0 Å². The molecule has 0 radical (unpaired) electrons. The molecule has 1 aliphatic heterocycles. The Hall–Kier alpha value is -2.47. The van der Waals surface area contributed by atoms with Gasteiger partial charge in [-0.25, -0.2) is 0 Å². The van der Waals surface area contributed by atoms with Crippen LogP contribution in [0, 0.1) is 6.92 Å². The van der Waals surface area contributed by atoms with Crippen molar-refractivity contribution in [3.05, 3.63) is 75.8 Å². The van der Waals surface area contributed by atoms with Gasteiger partial charge in [0.05, 0.1) is 0 Å². The summed E-state index contributed by atoms with van der Waals surface area (Å²) in [7, 11) is 0. The van der Waals surface area contributed by atoms with Crippen molar-refractivity contribution in [2.45, 2.75) is 13.0 Å². The lowest BCUT2D eigenvalue weighted by molar-refractivity contribution is 0.586. The van der Waals surface area contributed by atoms with Crippen LogP contribution in [0.4, 0.5) is 5.95 Å². The minimum atomic E-state index is -0.0316. The zero-order chi connectivity index (χ0) is 15.8. The highest BCUT2D eigenvalue weighted by Crippen LogP contribution is 2.32. The second-order valence-corrected chi connectivity index (χ2v) is 6.43. The summed E-state index contributed by atoms with van der Waals surface area (Å²) in [5.41, 5.74) is 4.47. The van der Waals surface area contributed by atoms with Gasteiger partial charge in [0.2, 0.25) is 5.95 Å². The molecule has 4 rings (SSSR count). The predicted octanol–water partition coefficient (Wildman–Crippen LogP) is 3.80. The lowest BCUT2D eigenvalue weighted by Crippen LogP contribution is -2.20. The van der Waals surface area contributed by atoms with Crippen LogP contribution in [0.15, 0.2) is 59.1 Å². The van der Waals surface area contributed by atoms with Crippen molar-refractivity contribution in [3.8, 4) is 0 Å². The van der Waals surface area contributed by atoms with E-state index >= 15 is 0 Å². The van der Waals surface area contributed by atoms with E-state index in [0.717, 1.165) is 21.3 Å². The molecule has 5 nitrogen and oxygen atoms in total. The monoisotopic (exact) mass is 367 g/mol. The lowest BCUT2D eigenvalue weighted by Gasteiger charge is -2.23. The van der Waals surface area contributed by atoms with E-state index in [9.17, 15) is 0 Å². The van der Waals surface area contributed by atoms with Crippen molar-refractivity contribution < 1.29 is 0 Å². The van der Waals surface area contributed by atoms with Gasteiger partial charge in [-0.15, -0.1) is 0 Å². The highest BCUT2D eigenvalue weighted by molar-refractivity contribution is 9.10. The molecule has 1 atom stereocenters. The number of fused-ring (bicyclic) bond motifs is 1. The molecule has 0 saturated heterocycles. The Kier molecular flexibility index (Phi) is 3.46. The number of allylic oxidation sites excluding steroid dienone is 1. The number of halogens is 1. The van der Waals surface area contributed by atoms with Gasteiger partial charge in [-0.05, 0) is 46.7 Å². The molecule has 0 unspecified atom stereocenters. The summed E-state index contributed by atoms with van der Waals surface area (Å²) >= 11 is 3.52. The van der Waals surface area contributed by atoms with Crippen LogP contribution in [0.25, 0.3) is 5.70 Å². The van der Waals surface area contributed by atoms with Crippen LogP contribution in [0.2, 0.25) is 0 Å². The zero-order valence-electron chi connectivity index (χ0n) is 12.4. The first-order valence-corrected chi connectivity index (χ1v) is 8.09. The van der Waals surface area contributed by atoms with Gasteiger partial charge in [0, 0.05) is 10.2 Å². The molecule has 2 aromatic carbocycles. The van der Waals surface area contributed by atoms with Gasteiger partial charge >= 0.3 is 0 Å². The number of hydrogen-bond donors (Lipinski definition) is 1. The van der Waals surface area contributed by atoms with Crippen molar-refractivity contribution >= 4 is 27.6 Å². The summed E-state index contributed by atoms with van der Waals surface area (Å²) in [6.45, 7) is 2.08. The van der Waals surface area contributed by atoms with E-state index in [1.54, 1.807) is 4.68 Å². The summed E-state index contributed by atoms with van der Waals surface area (Å²) in [5, 5.41) is 15.3. The Morgan fingerprint density at radius 1 is 1.13 bits per heavy atom. The van der Waals surface area contributed by atoms with Gasteiger partial charge in [0.25, 0.3) is 0 Å². The molecule has 0 aliphatic carbocycles. The Morgan fingerprint density at radius 2 is 1.96 bits per heavy atom. The van der Waals surface area contributed by atoms with Crippen LogP contribution in [0.3, 0.4) is 0 Å². The number of anilines is 1. The fourth-order valence-electron chi connectivity index (χ4n) is 2.68. The molecule has 0 amide bonds. The molecule has 6 heteroatoms. The van der Waals surface area contributed by atoms with Gasteiger partial charge in [0.15, 0.2) is 0 Å². The SMILES string of the molecule is Cc1ccc([C@H]2C=C(c3cccc(Br)c3)Nc3nnnn32)cc1. The molecule has 2 heterocycles. The van der Waals surface area contributed by atoms with Crippen LogP contribution in [-0.2, 0) is 0 Å². The fraction of sp³-hybridized carbons (Fsp3) is 0.118. The van der Waals surface area contributed by atoms with Crippen molar-refractivity contribution in [1.82, 2.24) is 20.2 Å². The number of aromatic nitrogens is 4. The second-order valence-electron chi connectivity index (χ2n) is 5.52. The quantitative estimate of drug-likeness (QED) is 0.748. The molecule has 3 aromatic rings. The number of benzene rings is 2. The molecule has 0 fully saturated rings. The number of hydrogen-bond acceptors (Lipinski definition) is 4. The Labute approximate surface area is 142 Å². The molecule has 0 spiro atoms. The predicted molar refractivity (Wildman–Crippen MR) is 92.9 cm³/mol. The molecule has 1 aliphatic rings. The minimum Gasteiger partial charge on any atom is -0.323 e. The van der Waals surface area contributed by atoms with E-state index in [1.807, 2.05) is 12.1 Å². The lowest BCUT2D eigenvalue weighted by atomic mass is 10.0. The van der Waals surface area contributed by atoms with Gasteiger partial charge < -0.3 is 5.32 Å². The van der Waals surface area contributed by atoms with Crippen molar-refractivity contribution in [1.29, 1.82) is 0 Å². The third-order valence-corrected chi connectivity index (χ3v) is 4.38. The first-order chi connectivity index (χ1) is 11.2. The van der Waals surface area contributed by atoms with Crippen LogP contribution >= 0.6 is 15.9 Å². The van der Waals surface area contributed by atoms with Crippen LogP contribution in [0.1, 0.15) is 22.7 Å². The number of nitrogens with zero attached hydrogens (tertiary/aromatic N) is 4. The zero-order valence-corrected chi connectivity index (χ0v) is 14.0. The van der Waals surface area contributed by atoms with E-state index in [2.05, 4.69) is 86.2 Å². The molecular weight excluding hydrogens is 354 g/mol. The maximum atomic E-state index is 4.12. The molecule has 1 N–H and O–H groups in total. The minimum absolute atomic E-state index is 0.0316. The van der Waals surface area contributed by atoms with E-state index in [4.69, 9.17) is 0 Å². The van der Waals surface area contributed by atoms with Crippen molar-refractivity contribution in [2.75, 3.05) is 5.32 Å². The molecule has 0 bridgehead atoms. The maximum absolute atomic E-state index is 4.12. The second kappa shape index (κ2) is 5.62. The molecule has 1 aromatic heterocycles. The summed E-state index contributed by atoms with van der Waals surface area (Å²) in [6.07, 6.45) is 2.15. The summed E-state index contributed by atoms with van der Waals surface area (Å²) < 4.78 is 2.83. The number of tetrazole rings is 1. The average molecular weight is 368 g/mol. The standard InChI is InChI=1S/C17H14BrN5/c1-11-5-7-12(8-6-11)16-10-15(13-3-2-4-14(18)9-13)19-17-20-21-22-23(16)17/h2-10,16H,1H3,(H,19,20,22)/t16-/m1/s1. The molecular formula is C17H14BrN5. The number of rotatable bonds is 2. The van der Waals surface area contributed by atoms with Gasteiger partial charge in [0.1, 0.15) is 6.04 Å². The fourth-order valence-corrected chi connectivity index (χ4v) is 3.08.